The Labute approximate surface area is 141 Å². The number of rotatable bonds is 4. The van der Waals surface area contributed by atoms with Gasteiger partial charge in [-0.1, -0.05) is 33.6 Å². The normalized spacial score (nSPS) is 11.0. The maximum Gasteiger partial charge on any atom is 0.255 e. The first-order valence-electron chi connectivity index (χ1n) is 6.09. The summed E-state index contributed by atoms with van der Waals surface area (Å²) >= 11 is 9.24. The van der Waals surface area contributed by atoms with E-state index in [1.807, 2.05) is 6.07 Å². The van der Waals surface area contributed by atoms with Crippen LogP contribution in [-0.2, 0) is 10.0 Å². The minimum absolute atomic E-state index is 0.158. The molecule has 0 atom stereocenters. The van der Waals surface area contributed by atoms with E-state index in [2.05, 4.69) is 26.0 Å². The van der Waals surface area contributed by atoms with Crippen LogP contribution in [0.4, 0.5) is 11.4 Å². The summed E-state index contributed by atoms with van der Waals surface area (Å²) in [5, 5.41) is 2.93. The number of benzene rings is 2. The zero-order chi connectivity index (χ0) is 16.3. The van der Waals surface area contributed by atoms with Crippen LogP contribution in [0.3, 0.4) is 0 Å². The van der Waals surface area contributed by atoms with Gasteiger partial charge < -0.3 is 5.32 Å². The highest BCUT2D eigenvalue weighted by molar-refractivity contribution is 9.10. The van der Waals surface area contributed by atoms with Crippen molar-refractivity contribution in [2.45, 2.75) is 0 Å². The van der Waals surface area contributed by atoms with Crippen molar-refractivity contribution in [3.05, 3.63) is 57.5 Å². The van der Waals surface area contributed by atoms with Gasteiger partial charge in [0.2, 0.25) is 10.0 Å². The summed E-state index contributed by atoms with van der Waals surface area (Å²) in [7, 11) is -3.48. The summed E-state index contributed by atoms with van der Waals surface area (Å²) in [4.78, 5) is 12.2. The molecule has 0 aliphatic carbocycles. The van der Waals surface area contributed by atoms with Crippen molar-refractivity contribution in [1.29, 1.82) is 0 Å². The van der Waals surface area contributed by atoms with Gasteiger partial charge in [-0.2, -0.15) is 0 Å². The molecule has 0 bridgehead atoms. The number of sulfonamides is 1. The number of carbonyl (C=O) groups is 1. The quantitative estimate of drug-likeness (QED) is 0.817. The van der Waals surface area contributed by atoms with Gasteiger partial charge in [-0.3, -0.25) is 9.52 Å². The molecule has 0 aliphatic rings. The topological polar surface area (TPSA) is 75.3 Å². The van der Waals surface area contributed by atoms with Crippen molar-refractivity contribution in [3.8, 4) is 0 Å². The monoisotopic (exact) mass is 402 g/mol. The standard InChI is InChI=1S/C14H12BrClN2O3S/c1-22(20,21)18-13-7-9(5-6-12(13)16)14(19)17-11-4-2-3-10(15)8-11/h2-8,18H,1H3,(H,17,19). The third-order valence-electron chi connectivity index (χ3n) is 2.61. The first-order chi connectivity index (χ1) is 10.2. The van der Waals surface area contributed by atoms with Crippen LogP contribution >= 0.6 is 27.5 Å². The van der Waals surface area contributed by atoms with E-state index in [9.17, 15) is 13.2 Å². The maximum atomic E-state index is 12.2. The van der Waals surface area contributed by atoms with E-state index in [1.54, 1.807) is 18.2 Å². The molecule has 0 spiro atoms. The molecule has 8 heteroatoms. The lowest BCUT2D eigenvalue weighted by Gasteiger charge is -2.10. The van der Waals surface area contributed by atoms with Crippen molar-refractivity contribution in [2.75, 3.05) is 16.3 Å². The van der Waals surface area contributed by atoms with Gasteiger partial charge in [-0.25, -0.2) is 8.42 Å². The van der Waals surface area contributed by atoms with Gasteiger partial charge in [0, 0.05) is 15.7 Å². The van der Waals surface area contributed by atoms with Gasteiger partial charge in [0.15, 0.2) is 0 Å². The summed E-state index contributed by atoms with van der Waals surface area (Å²) in [6, 6.07) is 11.5. The first-order valence-corrected chi connectivity index (χ1v) is 9.15. The zero-order valence-electron chi connectivity index (χ0n) is 11.4. The van der Waals surface area contributed by atoms with Gasteiger partial charge >= 0.3 is 0 Å². The molecule has 0 saturated heterocycles. The highest BCUT2D eigenvalue weighted by atomic mass is 79.9. The summed E-state index contributed by atoms with van der Waals surface area (Å²) in [5.74, 6) is -0.369. The van der Waals surface area contributed by atoms with Crippen LogP contribution in [0, 0.1) is 0 Å². The highest BCUT2D eigenvalue weighted by Gasteiger charge is 2.12. The van der Waals surface area contributed by atoms with Crippen molar-refractivity contribution in [1.82, 2.24) is 0 Å². The van der Waals surface area contributed by atoms with Crippen LogP contribution < -0.4 is 10.0 Å². The van der Waals surface area contributed by atoms with Gasteiger partial charge in [-0.05, 0) is 36.4 Å². The number of amides is 1. The molecule has 0 heterocycles. The third kappa shape index (κ3) is 4.72. The Kier molecular flexibility index (Phi) is 5.10. The van der Waals surface area contributed by atoms with Crippen molar-refractivity contribution in [2.24, 2.45) is 0 Å². The molecular formula is C14H12BrClN2O3S. The first kappa shape index (κ1) is 16.8. The average Bonchev–Trinajstić information content (AvgIpc) is 2.39. The van der Waals surface area contributed by atoms with E-state index in [1.165, 1.54) is 18.2 Å². The van der Waals surface area contributed by atoms with E-state index >= 15 is 0 Å². The Morgan fingerprint density at radius 3 is 2.55 bits per heavy atom. The molecule has 0 aliphatic heterocycles. The second kappa shape index (κ2) is 6.68. The maximum absolute atomic E-state index is 12.2. The van der Waals surface area contributed by atoms with Gasteiger partial charge in [-0.15, -0.1) is 0 Å². The largest absolute Gasteiger partial charge is 0.322 e. The molecule has 1 amide bonds. The molecular weight excluding hydrogens is 392 g/mol. The van der Waals surface area contributed by atoms with Gasteiger partial charge in [0.05, 0.1) is 17.0 Å². The molecule has 0 aromatic heterocycles. The van der Waals surface area contributed by atoms with Crippen LogP contribution in [-0.4, -0.2) is 20.6 Å². The van der Waals surface area contributed by atoms with Crippen LogP contribution in [0.2, 0.25) is 5.02 Å². The van der Waals surface area contributed by atoms with Gasteiger partial charge in [0.25, 0.3) is 5.91 Å². The number of anilines is 2. The SMILES string of the molecule is CS(=O)(=O)Nc1cc(C(=O)Nc2cccc(Br)c2)ccc1Cl. The summed E-state index contributed by atoms with van der Waals surface area (Å²) < 4.78 is 25.7. The van der Waals surface area contributed by atoms with Gasteiger partial charge in [0.1, 0.15) is 0 Å². The molecule has 5 nitrogen and oxygen atoms in total. The zero-order valence-corrected chi connectivity index (χ0v) is 14.6. The molecule has 0 fully saturated rings. The molecule has 2 rings (SSSR count). The third-order valence-corrected chi connectivity index (χ3v) is 4.02. The number of carbonyl (C=O) groups excluding carboxylic acids is 1. The van der Waals surface area contributed by atoms with Crippen molar-refractivity contribution in [3.63, 3.8) is 0 Å². The van der Waals surface area contributed by atoms with Crippen LogP contribution in [0.15, 0.2) is 46.9 Å². The molecule has 2 aromatic carbocycles. The predicted octanol–water partition coefficient (Wildman–Crippen LogP) is 3.73. The second-order valence-corrected chi connectivity index (χ2v) is 7.60. The second-order valence-electron chi connectivity index (χ2n) is 4.53. The number of nitrogens with one attached hydrogen (secondary N) is 2. The number of hydrogen-bond donors (Lipinski definition) is 2. The Balaban J connectivity index is 2.25. The fraction of sp³-hybridized carbons (Fsp3) is 0.0714. The lowest BCUT2D eigenvalue weighted by atomic mass is 10.2. The summed E-state index contributed by atoms with van der Waals surface area (Å²) in [6.07, 6.45) is 1.01. The van der Waals surface area contributed by atoms with Crippen LogP contribution in [0.25, 0.3) is 0 Å². The molecule has 0 unspecified atom stereocenters. The molecule has 0 saturated carbocycles. The number of halogens is 2. The molecule has 22 heavy (non-hydrogen) atoms. The summed E-state index contributed by atoms with van der Waals surface area (Å²) in [6.45, 7) is 0. The van der Waals surface area contributed by atoms with Crippen LogP contribution in [0.5, 0.6) is 0 Å². The smallest absolute Gasteiger partial charge is 0.255 e. The Morgan fingerprint density at radius 2 is 1.91 bits per heavy atom. The van der Waals surface area contributed by atoms with E-state index in [4.69, 9.17) is 11.6 Å². The Hall–Kier alpha value is -1.57. The Bertz CT molecular complexity index is 825. The van der Waals surface area contributed by atoms with E-state index < -0.39 is 10.0 Å². The number of hydrogen-bond acceptors (Lipinski definition) is 3. The highest BCUT2D eigenvalue weighted by Crippen LogP contribution is 2.24. The lowest BCUT2D eigenvalue weighted by Crippen LogP contribution is -2.14. The van der Waals surface area contributed by atoms with E-state index in [0.29, 0.717) is 5.69 Å². The van der Waals surface area contributed by atoms with Crippen LogP contribution in [0.1, 0.15) is 10.4 Å². The average molecular weight is 404 g/mol. The fourth-order valence-corrected chi connectivity index (χ4v) is 2.90. The van der Waals surface area contributed by atoms with Crippen molar-refractivity contribution >= 4 is 54.8 Å². The molecule has 0 radical (unpaired) electrons. The van der Waals surface area contributed by atoms with E-state index in [-0.39, 0.29) is 22.2 Å². The fourth-order valence-electron chi connectivity index (χ4n) is 1.71. The Morgan fingerprint density at radius 1 is 1.18 bits per heavy atom. The molecule has 116 valence electrons. The van der Waals surface area contributed by atoms with E-state index in [0.717, 1.165) is 10.7 Å². The minimum Gasteiger partial charge on any atom is -0.322 e. The predicted molar refractivity (Wildman–Crippen MR) is 92.0 cm³/mol. The lowest BCUT2D eigenvalue weighted by molar-refractivity contribution is 0.102. The van der Waals surface area contributed by atoms with Crippen molar-refractivity contribution < 1.29 is 13.2 Å². The summed E-state index contributed by atoms with van der Waals surface area (Å²) in [5.41, 5.74) is 1.06. The molecule has 2 aromatic rings. The minimum atomic E-state index is -3.48. The molecule has 2 N–H and O–H groups in total.